The van der Waals surface area contributed by atoms with Crippen LogP contribution in [-0.2, 0) is 9.59 Å². The minimum Gasteiger partial charge on any atom is -0.361 e. The van der Waals surface area contributed by atoms with Crippen LogP contribution in [0.1, 0.15) is 24.4 Å². The number of nitrogens with one attached hydrogen (secondary N) is 2. The third kappa shape index (κ3) is 5.04. The third-order valence-electron chi connectivity index (χ3n) is 6.85. The number of halogens is 1. The fourth-order valence-corrected chi connectivity index (χ4v) is 5.27. The largest absolute Gasteiger partial charge is 0.361 e. The molecule has 0 bridgehead atoms. The Balaban J connectivity index is 1.23. The van der Waals surface area contributed by atoms with Gasteiger partial charge in [0.25, 0.3) is 5.91 Å². The summed E-state index contributed by atoms with van der Waals surface area (Å²) < 4.78 is 0.911. The van der Waals surface area contributed by atoms with Crippen LogP contribution in [0.3, 0.4) is 0 Å². The molecule has 1 unspecified atom stereocenters. The molecule has 2 aromatic carbocycles. The van der Waals surface area contributed by atoms with E-state index in [0.29, 0.717) is 38.3 Å². The Labute approximate surface area is 218 Å². The van der Waals surface area contributed by atoms with Crippen LogP contribution < -0.4 is 10.6 Å². The third-order valence-corrected chi connectivity index (χ3v) is 7.38. The summed E-state index contributed by atoms with van der Waals surface area (Å²) in [6.07, 6.45) is 3.32. The monoisotopic (exact) mass is 552 g/mol. The van der Waals surface area contributed by atoms with Crippen molar-refractivity contribution in [3.8, 4) is 0 Å². The van der Waals surface area contributed by atoms with Crippen LogP contribution in [0.2, 0.25) is 0 Å². The summed E-state index contributed by atoms with van der Waals surface area (Å²) in [5.41, 5.74) is 2.11. The molecule has 10 heteroatoms. The molecule has 0 spiro atoms. The molecule has 0 radical (unpaired) electrons. The van der Waals surface area contributed by atoms with Crippen LogP contribution in [0, 0.1) is 0 Å². The number of urea groups is 1. The number of carbonyl (C=O) groups is 3. The number of nitrogens with zero attached hydrogens (tertiary/aromatic N) is 4. The van der Waals surface area contributed by atoms with E-state index in [1.807, 2.05) is 65.5 Å². The highest BCUT2D eigenvalue weighted by Crippen LogP contribution is 2.29. The lowest BCUT2D eigenvalue weighted by Crippen LogP contribution is -2.51. The molecule has 188 valence electrons. The Hall–Kier alpha value is -3.53. The Morgan fingerprint density at radius 1 is 1.00 bits per heavy atom. The van der Waals surface area contributed by atoms with Crippen LogP contribution in [0.25, 0.3) is 0 Å². The number of benzene rings is 2. The van der Waals surface area contributed by atoms with E-state index in [4.69, 9.17) is 0 Å². The molecule has 3 heterocycles. The van der Waals surface area contributed by atoms with Crippen LogP contribution in [0.5, 0.6) is 0 Å². The molecule has 0 aromatic heterocycles. The van der Waals surface area contributed by atoms with Crippen LogP contribution >= 0.6 is 15.9 Å². The van der Waals surface area contributed by atoms with Crippen molar-refractivity contribution in [3.63, 3.8) is 0 Å². The number of rotatable bonds is 5. The molecule has 4 amide bonds. The van der Waals surface area contributed by atoms with Gasteiger partial charge in [0.05, 0.1) is 13.3 Å². The number of anilines is 1. The zero-order chi connectivity index (χ0) is 25.2. The molecule has 3 aliphatic heterocycles. The quantitative estimate of drug-likeness (QED) is 0.594. The fourth-order valence-electron chi connectivity index (χ4n) is 5.01. The Morgan fingerprint density at radius 2 is 1.69 bits per heavy atom. The lowest BCUT2D eigenvalue weighted by molar-refractivity contribution is -0.135. The van der Waals surface area contributed by atoms with Gasteiger partial charge in [0.1, 0.15) is 11.7 Å². The highest BCUT2D eigenvalue weighted by Gasteiger charge is 2.41. The van der Waals surface area contributed by atoms with E-state index >= 15 is 0 Å². The van der Waals surface area contributed by atoms with Gasteiger partial charge in [0.2, 0.25) is 5.91 Å². The molecular weight excluding hydrogens is 524 g/mol. The highest BCUT2D eigenvalue weighted by molar-refractivity contribution is 9.10. The summed E-state index contributed by atoms with van der Waals surface area (Å²) in [5.74, 6) is -0.0825. The molecule has 2 aromatic rings. The molecule has 5 rings (SSSR count). The number of hydrogen-bond acceptors (Lipinski definition) is 5. The Morgan fingerprint density at radius 3 is 2.36 bits per heavy atom. The smallest absolute Gasteiger partial charge is 0.320 e. The molecule has 3 aliphatic rings. The second kappa shape index (κ2) is 10.2. The first kappa shape index (κ1) is 24.2. The predicted octanol–water partition coefficient (Wildman–Crippen LogP) is 3.15. The fraction of sp³-hybridized carbons (Fsp3) is 0.346. The first-order valence-corrected chi connectivity index (χ1v) is 12.8. The van der Waals surface area contributed by atoms with Gasteiger partial charge < -0.3 is 30.2 Å². The maximum Gasteiger partial charge on any atom is 0.320 e. The van der Waals surface area contributed by atoms with E-state index in [0.717, 1.165) is 22.4 Å². The van der Waals surface area contributed by atoms with Crippen molar-refractivity contribution in [3.05, 3.63) is 76.5 Å². The van der Waals surface area contributed by atoms with Crippen molar-refractivity contribution in [2.75, 3.05) is 38.8 Å². The van der Waals surface area contributed by atoms with Crippen LogP contribution in [0.15, 0.2) is 71.0 Å². The second-order valence-electron chi connectivity index (χ2n) is 9.37. The van der Waals surface area contributed by atoms with Crippen molar-refractivity contribution in [2.45, 2.75) is 24.9 Å². The average Bonchev–Trinajstić information content (AvgIpc) is 3.40. The Kier molecular flexibility index (Phi) is 6.86. The standard InChI is InChI=1S/C26H29BrN6O3/c1-30-15-22-24(34)33(17-32(22)16-30)21-11-13-31(14-12-21)25(35)23(18-5-3-2-4-6-18)29-26(36)28-20-9-7-19(27)8-10-20/h2-10,15,21,23H,11-14,16-17H2,1H3,(H2,28,29,36). The summed E-state index contributed by atoms with van der Waals surface area (Å²) in [5, 5.41) is 5.66. The Bertz CT molecular complexity index is 1160. The maximum atomic E-state index is 13.6. The van der Waals surface area contributed by atoms with Crippen molar-refractivity contribution in [1.82, 2.24) is 24.9 Å². The lowest BCUT2D eigenvalue weighted by Gasteiger charge is -2.38. The van der Waals surface area contributed by atoms with E-state index < -0.39 is 12.1 Å². The van der Waals surface area contributed by atoms with Gasteiger partial charge in [-0.25, -0.2) is 4.79 Å². The number of fused-ring (bicyclic) bond motifs is 1. The molecule has 1 atom stereocenters. The molecule has 0 aliphatic carbocycles. The summed E-state index contributed by atoms with van der Waals surface area (Å²) in [6, 6.07) is 15.4. The van der Waals surface area contributed by atoms with Gasteiger partial charge in [-0.2, -0.15) is 0 Å². The minimum atomic E-state index is -0.808. The summed E-state index contributed by atoms with van der Waals surface area (Å²) in [7, 11) is 1.96. The molecular formula is C26H29BrN6O3. The van der Waals surface area contributed by atoms with Crippen LogP contribution in [0.4, 0.5) is 10.5 Å². The van der Waals surface area contributed by atoms with E-state index in [9.17, 15) is 14.4 Å². The summed E-state index contributed by atoms with van der Waals surface area (Å²) in [4.78, 5) is 47.1. The maximum absolute atomic E-state index is 13.6. The molecule has 2 N–H and O–H groups in total. The normalized spacial score (nSPS) is 18.7. The number of amides is 4. The molecule has 0 saturated carbocycles. The SMILES string of the molecule is CN1C=C2C(=O)N(C3CCN(C(=O)C(NC(=O)Nc4ccc(Br)cc4)c4ccccc4)CC3)CN2C1. The average molecular weight is 553 g/mol. The zero-order valence-electron chi connectivity index (χ0n) is 20.1. The van der Waals surface area contributed by atoms with Crippen molar-refractivity contribution < 1.29 is 14.4 Å². The topological polar surface area (TPSA) is 88.2 Å². The number of likely N-dealkylation sites (tertiary alicyclic amines) is 1. The van der Waals surface area contributed by atoms with Gasteiger partial charge in [0, 0.05) is 42.5 Å². The number of piperidine rings is 1. The first-order valence-electron chi connectivity index (χ1n) is 12.0. The highest BCUT2D eigenvalue weighted by atomic mass is 79.9. The van der Waals surface area contributed by atoms with Gasteiger partial charge in [-0.15, -0.1) is 0 Å². The van der Waals surface area contributed by atoms with Crippen molar-refractivity contribution >= 4 is 39.5 Å². The van der Waals surface area contributed by atoms with Crippen molar-refractivity contribution in [2.24, 2.45) is 0 Å². The molecule has 2 saturated heterocycles. The van der Waals surface area contributed by atoms with Gasteiger partial charge in [-0.1, -0.05) is 46.3 Å². The van der Waals surface area contributed by atoms with E-state index in [1.165, 1.54) is 0 Å². The first-order chi connectivity index (χ1) is 17.4. The van der Waals surface area contributed by atoms with Crippen LogP contribution in [-0.4, -0.2) is 77.0 Å². The van der Waals surface area contributed by atoms with Crippen molar-refractivity contribution in [1.29, 1.82) is 0 Å². The summed E-state index contributed by atoms with van der Waals surface area (Å²) >= 11 is 3.38. The van der Waals surface area contributed by atoms with E-state index in [-0.39, 0.29) is 17.9 Å². The van der Waals surface area contributed by atoms with Gasteiger partial charge >= 0.3 is 6.03 Å². The van der Waals surface area contributed by atoms with E-state index in [1.54, 1.807) is 17.0 Å². The molecule has 36 heavy (non-hydrogen) atoms. The number of carbonyl (C=O) groups excluding carboxylic acids is 3. The zero-order valence-corrected chi connectivity index (χ0v) is 21.6. The molecule has 9 nitrogen and oxygen atoms in total. The predicted molar refractivity (Wildman–Crippen MR) is 139 cm³/mol. The van der Waals surface area contributed by atoms with Gasteiger partial charge in [-0.05, 0) is 42.7 Å². The molecule has 2 fully saturated rings. The minimum absolute atomic E-state index is 0.0672. The summed E-state index contributed by atoms with van der Waals surface area (Å²) in [6.45, 7) is 2.39. The second-order valence-corrected chi connectivity index (χ2v) is 10.3. The van der Waals surface area contributed by atoms with Gasteiger partial charge in [-0.3, -0.25) is 9.59 Å². The van der Waals surface area contributed by atoms with E-state index in [2.05, 4.69) is 31.5 Å². The number of hydrogen-bond donors (Lipinski definition) is 2. The lowest BCUT2D eigenvalue weighted by atomic mass is 10.0. The van der Waals surface area contributed by atoms with Gasteiger partial charge in [0.15, 0.2) is 0 Å².